The molecule has 4 rings (SSSR count). The Morgan fingerprint density at radius 2 is 1.83 bits per heavy atom. The van der Waals surface area contributed by atoms with Gasteiger partial charge in [-0.3, -0.25) is 4.79 Å². The first-order chi connectivity index (χ1) is 14.0. The van der Waals surface area contributed by atoms with E-state index in [1.807, 2.05) is 12.1 Å². The monoisotopic (exact) mass is 412 g/mol. The van der Waals surface area contributed by atoms with E-state index in [2.05, 4.69) is 11.9 Å². The van der Waals surface area contributed by atoms with Gasteiger partial charge in [0, 0.05) is 16.5 Å². The number of thiophene rings is 1. The van der Waals surface area contributed by atoms with Crippen molar-refractivity contribution in [2.24, 2.45) is 5.92 Å². The Bertz CT molecular complexity index is 1150. The predicted molar refractivity (Wildman–Crippen MR) is 116 cm³/mol. The van der Waals surface area contributed by atoms with Crippen LogP contribution in [0.25, 0.3) is 22.4 Å². The number of aryl methyl sites for hydroxylation is 1. The molecule has 0 saturated heterocycles. The first-order valence-corrected chi connectivity index (χ1v) is 10.4. The molecule has 3 aromatic rings. The number of benzene rings is 1. The fourth-order valence-electron chi connectivity index (χ4n) is 3.80. The average molecular weight is 413 g/mol. The highest BCUT2D eigenvalue weighted by atomic mass is 32.1. The van der Waals surface area contributed by atoms with Gasteiger partial charge in [0.25, 0.3) is 5.56 Å². The fraction of sp³-hybridized carbons (Fsp3) is 0.364. The molecule has 1 aliphatic rings. The van der Waals surface area contributed by atoms with E-state index in [1.165, 1.54) is 10.4 Å². The van der Waals surface area contributed by atoms with E-state index in [9.17, 15) is 4.79 Å². The maximum Gasteiger partial charge on any atom is 0.260 e. The lowest BCUT2D eigenvalue weighted by molar-refractivity contribution is 0.348. The minimum absolute atomic E-state index is 0.0685. The summed E-state index contributed by atoms with van der Waals surface area (Å²) in [7, 11) is 4.77. The number of rotatable bonds is 5. The number of methoxy groups -OCH3 is 3. The molecule has 2 heterocycles. The Morgan fingerprint density at radius 3 is 2.55 bits per heavy atom. The summed E-state index contributed by atoms with van der Waals surface area (Å²) in [4.78, 5) is 22.5. The number of nitrogens with one attached hydrogen (secondary N) is 1. The van der Waals surface area contributed by atoms with Crippen molar-refractivity contribution in [3.63, 3.8) is 0 Å². The molecular formula is C22H24N2O4S. The highest BCUT2D eigenvalue weighted by Crippen LogP contribution is 2.37. The van der Waals surface area contributed by atoms with Gasteiger partial charge in [-0.1, -0.05) is 6.92 Å². The number of aromatic amines is 1. The quantitative estimate of drug-likeness (QED) is 0.676. The van der Waals surface area contributed by atoms with Crippen molar-refractivity contribution in [1.82, 2.24) is 9.97 Å². The molecular weight excluding hydrogens is 388 g/mol. The standard InChI is InChI=1S/C22H24N2O4S/c1-12-5-7-14-18(9-12)29-22-20(14)21(25)23-19(24-22)8-6-13-10-16(27-3)17(28-4)11-15(13)26-2/h6,8,10-12H,5,7,9H2,1-4H3,(H,23,24,25)/b8-6+/t12-/m0/s1. The lowest BCUT2D eigenvalue weighted by Gasteiger charge is -2.17. The molecule has 1 atom stereocenters. The van der Waals surface area contributed by atoms with E-state index in [0.29, 0.717) is 29.0 Å². The first kappa shape index (κ1) is 19.5. The summed E-state index contributed by atoms with van der Waals surface area (Å²) in [5.41, 5.74) is 1.92. The zero-order valence-corrected chi connectivity index (χ0v) is 17.8. The molecule has 7 heteroatoms. The summed E-state index contributed by atoms with van der Waals surface area (Å²) in [5, 5.41) is 0.762. The molecule has 0 fully saturated rings. The van der Waals surface area contributed by atoms with Gasteiger partial charge in [0.2, 0.25) is 0 Å². The molecule has 0 saturated carbocycles. The fourth-order valence-corrected chi connectivity index (χ4v) is 5.19. The molecule has 0 aliphatic heterocycles. The molecule has 6 nitrogen and oxygen atoms in total. The zero-order chi connectivity index (χ0) is 20.5. The summed E-state index contributed by atoms with van der Waals surface area (Å²) < 4.78 is 16.2. The lowest BCUT2D eigenvalue weighted by atomic mass is 9.89. The van der Waals surface area contributed by atoms with Crippen molar-refractivity contribution < 1.29 is 14.2 Å². The van der Waals surface area contributed by atoms with Crippen molar-refractivity contribution in [2.75, 3.05) is 21.3 Å². The number of H-pyrrole nitrogens is 1. The Kier molecular flexibility index (Phi) is 5.32. The maximum atomic E-state index is 12.7. The molecule has 2 aromatic heterocycles. The maximum absolute atomic E-state index is 12.7. The van der Waals surface area contributed by atoms with Gasteiger partial charge in [0.1, 0.15) is 16.4 Å². The molecule has 0 radical (unpaired) electrons. The molecule has 152 valence electrons. The molecule has 29 heavy (non-hydrogen) atoms. The molecule has 0 amide bonds. The van der Waals surface area contributed by atoms with Gasteiger partial charge in [-0.05, 0) is 49.0 Å². The van der Waals surface area contributed by atoms with Crippen LogP contribution in [0.2, 0.25) is 0 Å². The number of aromatic nitrogens is 2. The summed E-state index contributed by atoms with van der Waals surface area (Å²) in [6.45, 7) is 2.26. The van der Waals surface area contributed by atoms with Crippen molar-refractivity contribution in [2.45, 2.75) is 26.2 Å². The summed E-state index contributed by atoms with van der Waals surface area (Å²) >= 11 is 1.65. The second kappa shape index (κ2) is 7.91. The van der Waals surface area contributed by atoms with Gasteiger partial charge in [0.15, 0.2) is 11.5 Å². The van der Waals surface area contributed by atoms with Crippen LogP contribution in [0.15, 0.2) is 16.9 Å². The Balaban J connectivity index is 1.73. The van der Waals surface area contributed by atoms with E-state index in [-0.39, 0.29) is 5.56 Å². The molecule has 1 aromatic carbocycles. The lowest BCUT2D eigenvalue weighted by Crippen LogP contribution is -2.13. The van der Waals surface area contributed by atoms with Crippen LogP contribution in [0.4, 0.5) is 0 Å². The van der Waals surface area contributed by atoms with E-state index in [0.717, 1.165) is 35.0 Å². The van der Waals surface area contributed by atoms with E-state index < -0.39 is 0 Å². The van der Waals surface area contributed by atoms with Crippen molar-refractivity contribution in [3.05, 3.63) is 44.3 Å². The summed E-state index contributed by atoms with van der Waals surface area (Å²) in [5.74, 6) is 3.01. The third-order valence-corrected chi connectivity index (χ3v) is 6.49. The van der Waals surface area contributed by atoms with E-state index in [1.54, 1.807) is 44.8 Å². The highest BCUT2D eigenvalue weighted by molar-refractivity contribution is 7.18. The van der Waals surface area contributed by atoms with Crippen LogP contribution in [0, 0.1) is 5.92 Å². The number of ether oxygens (including phenoxy) is 3. The number of nitrogens with zero attached hydrogens (tertiary/aromatic N) is 1. The molecule has 1 N–H and O–H groups in total. The Labute approximate surface area is 173 Å². The molecule has 0 spiro atoms. The predicted octanol–water partition coefficient (Wildman–Crippen LogP) is 4.31. The van der Waals surface area contributed by atoms with Crippen LogP contribution in [0.1, 0.15) is 35.2 Å². The first-order valence-electron chi connectivity index (χ1n) is 9.56. The van der Waals surface area contributed by atoms with Crippen LogP contribution in [0.3, 0.4) is 0 Å². The number of fused-ring (bicyclic) bond motifs is 3. The smallest absolute Gasteiger partial charge is 0.260 e. The molecule has 0 unspecified atom stereocenters. The topological polar surface area (TPSA) is 73.4 Å². The van der Waals surface area contributed by atoms with Gasteiger partial charge in [-0.2, -0.15) is 0 Å². The van der Waals surface area contributed by atoms with Gasteiger partial charge < -0.3 is 19.2 Å². The molecule has 1 aliphatic carbocycles. The Morgan fingerprint density at radius 1 is 1.10 bits per heavy atom. The minimum Gasteiger partial charge on any atom is -0.496 e. The van der Waals surface area contributed by atoms with E-state index in [4.69, 9.17) is 19.2 Å². The van der Waals surface area contributed by atoms with Crippen LogP contribution in [-0.2, 0) is 12.8 Å². The van der Waals surface area contributed by atoms with Crippen molar-refractivity contribution in [3.8, 4) is 17.2 Å². The Hall–Kier alpha value is -2.80. The highest BCUT2D eigenvalue weighted by Gasteiger charge is 2.22. The number of hydrogen-bond donors (Lipinski definition) is 1. The van der Waals surface area contributed by atoms with E-state index >= 15 is 0 Å². The third-order valence-electron chi connectivity index (χ3n) is 5.34. The zero-order valence-electron chi connectivity index (χ0n) is 17.0. The summed E-state index contributed by atoms with van der Waals surface area (Å²) in [6, 6.07) is 3.60. The minimum atomic E-state index is -0.0685. The van der Waals surface area contributed by atoms with Gasteiger partial charge in [-0.15, -0.1) is 11.3 Å². The SMILES string of the molecule is COc1cc(OC)c(OC)cc1/C=C/c1nc2sc3c(c2c(=O)[nH]1)CC[C@H](C)C3. The largest absolute Gasteiger partial charge is 0.496 e. The van der Waals surface area contributed by atoms with Crippen LogP contribution in [-0.4, -0.2) is 31.3 Å². The summed E-state index contributed by atoms with van der Waals surface area (Å²) in [6.07, 6.45) is 6.74. The van der Waals surface area contributed by atoms with Crippen LogP contribution >= 0.6 is 11.3 Å². The second-order valence-corrected chi connectivity index (χ2v) is 8.35. The van der Waals surface area contributed by atoms with Gasteiger partial charge in [0.05, 0.1) is 26.7 Å². The van der Waals surface area contributed by atoms with Crippen LogP contribution < -0.4 is 19.8 Å². The molecule has 0 bridgehead atoms. The number of hydrogen-bond acceptors (Lipinski definition) is 6. The third kappa shape index (κ3) is 3.62. The van der Waals surface area contributed by atoms with Gasteiger partial charge in [-0.25, -0.2) is 4.98 Å². The van der Waals surface area contributed by atoms with Gasteiger partial charge >= 0.3 is 0 Å². The average Bonchev–Trinajstić information content (AvgIpc) is 3.09. The van der Waals surface area contributed by atoms with Crippen LogP contribution in [0.5, 0.6) is 17.2 Å². The normalized spacial score (nSPS) is 16.2. The second-order valence-electron chi connectivity index (χ2n) is 7.27. The van der Waals surface area contributed by atoms with Crippen molar-refractivity contribution in [1.29, 1.82) is 0 Å². The van der Waals surface area contributed by atoms with Crippen molar-refractivity contribution >= 4 is 33.7 Å².